The molecule has 0 saturated carbocycles. The number of hydrogen-bond acceptors (Lipinski definition) is 2. The van der Waals surface area contributed by atoms with Crippen LogP contribution in [0.1, 0.15) is 22.5 Å². The summed E-state index contributed by atoms with van der Waals surface area (Å²) in [6.45, 7) is 0.401. The van der Waals surface area contributed by atoms with Gasteiger partial charge in [0.2, 0.25) is 0 Å². The lowest BCUT2D eigenvalue weighted by atomic mass is 9.99. The van der Waals surface area contributed by atoms with Crippen molar-refractivity contribution in [1.29, 1.82) is 0 Å². The van der Waals surface area contributed by atoms with Crippen molar-refractivity contribution in [3.05, 3.63) is 102 Å². The van der Waals surface area contributed by atoms with Gasteiger partial charge in [-0.25, -0.2) is 13.6 Å². The highest BCUT2D eigenvalue weighted by Gasteiger charge is 2.20. The largest absolute Gasteiger partial charge is 0.493 e. The van der Waals surface area contributed by atoms with Gasteiger partial charge in [-0.3, -0.25) is 0 Å². The van der Waals surface area contributed by atoms with Crippen molar-refractivity contribution in [2.45, 2.75) is 12.8 Å². The lowest BCUT2D eigenvalue weighted by Crippen LogP contribution is -2.04. The number of carboxylic acid groups (broad SMARTS) is 1. The van der Waals surface area contributed by atoms with E-state index in [1.54, 1.807) is 18.2 Å². The first-order valence-electron chi connectivity index (χ1n) is 11.0. The predicted octanol–water partition coefficient (Wildman–Crippen LogP) is 6.98. The quantitative estimate of drug-likeness (QED) is 0.259. The normalized spacial score (nSPS) is 11.2. The minimum absolute atomic E-state index is 0.0458. The maximum Gasteiger partial charge on any atom is 0.352 e. The van der Waals surface area contributed by atoms with E-state index in [1.807, 2.05) is 42.5 Å². The topological polar surface area (TPSA) is 62.3 Å². The van der Waals surface area contributed by atoms with Crippen molar-refractivity contribution in [2.75, 3.05) is 6.61 Å². The number of rotatable bonds is 7. The minimum Gasteiger partial charge on any atom is -0.493 e. The molecule has 34 heavy (non-hydrogen) atoms. The van der Waals surface area contributed by atoms with E-state index in [0.717, 1.165) is 22.6 Å². The number of benzene rings is 4. The number of aryl methyl sites for hydroxylation is 1. The summed E-state index contributed by atoms with van der Waals surface area (Å²) in [5, 5.41) is 12.6. The Balaban J connectivity index is 1.43. The highest BCUT2D eigenvalue weighted by atomic mass is 19.2. The number of halogens is 2. The van der Waals surface area contributed by atoms with E-state index < -0.39 is 17.6 Å². The van der Waals surface area contributed by atoms with Crippen molar-refractivity contribution in [2.24, 2.45) is 0 Å². The van der Waals surface area contributed by atoms with Crippen LogP contribution >= 0.6 is 0 Å². The zero-order valence-corrected chi connectivity index (χ0v) is 18.1. The van der Waals surface area contributed by atoms with Crippen molar-refractivity contribution in [3.8, 4) is 16.9 Å². The molecule has 1 heterocycles. The summed E-state index contributed by atoms with van der Waals surface area (Å²) < 4.78 is 34.3. The second-order valence-electron chi connectivity index (χ2n) is 8.04. The number of hydrogen-bond donors (Lipinski definition) is 2. The molecule has 0 amide bonds. The summed E-state index contributed by atoms with van der Waals surface area (Å²) in [6, 6.07) is 22.9. The van der Waals surface area contributed by atoms with Crippen LogP contribution in [0.2, 0.25) is 0 Å². The molecule has 6 heteroatoms. The number of aromatic amines is 1. The Kier molecular flexibility index (Phi) is 5.72. The third kappa shape index (κ3) is 3.88. The van der Waals surface area contributed by atoms with Gasteiger partial charge in [0.25, 0.3) is 0 Å². The lowest BCUT2D eigenvalue weighted by Gasteiger charge is -2.09. The van der Waals surface area contributed by atoms with Gasteiger partial charge in [0.05, 0.1) is 12.1 Å². The second kappa shape index (κ2) is 8.98. The Morgan fingerprint density at radius 1 is 0.853 bits per heavy atom. The Morgan fingerprint density at radius 3 is 2.41 bits per heavy atom. The average molecular weight is 457 g/mol. The number of aromatic carboxylic acids is 1. The highest BCUT2D eigenvalue weighted by molar-refractivity contribution is 6.03. The van der Waals surface area contributed by atoms with Gasteiger partial charge in [0.1, 0.15) is 11.4 Å². The fourth-order valence-electron chi connectivity index (χ4n) is 4.40. The predicted molar refractivity (Wildman–Crippen MR) is 128 cm³/mol. The molecule has 0 bridgehead atoms. The van der Waals surface area contributed by atoms with Crippen LogP contribution in [0.4, 0.5) is 8.78 Å². The first-order chi connectivity index (χ1) is 16.5. The van der Waals surface area contributed by atoms with Gasteiger partial charge in [-0.1, -0.05) is 66.7 Å². The van der Waals surface area contributed by atoms with Gasteiger partial charge in [0.15, 0.2) is 11.6 Å². The van der Waals surface area contributed by atoms with Crippen LogP contribution in [-0.2, 0) is 6.42 Å². The molecule has 0 fully saturated rings. The third-order valence-electron chi connectivity index (χ3n) is 5.98. The summed E-state index contributed by atoms with van der Waals surface area (Å²) in [4.78, 5) is 14.9. The standard InChI is InChI=1S/C28H21F2NO3/c29-23-14-5-10-19(25(23)30)20-11-4-12-21-22(27(28(32)33)31-26(20)21)13-6-16-34-24-15-3-8-17-7-1-2-9-18(17)24/h1-5,7-12,14-15,31H,6,13,16H2,(H,32,33). The lowest BCUT2D eigenvalue weighted by molar-refractivity contribution is 0.0690. The van der Waals surface area contributed by atoms with E-state index in [1.165, 1.54) is 12.1 Å². The first-order valence-corrected chi connectivity index (χ1v) is 11.0. The molecule has 0 unspecified atom stereocenters. The van der Waals surface area contributed by atoms with Crippen molar-refractivity contribution in [1.82, 2.24) is 4.98 Å². The zero-order chi connectivity index (χ0) is 23.7. The summed E-state index contributed by atoms with van der Waals surface area (Å²) in [5.74, 6) is -2.25. The van der Waals surface area contributed by atoms with Crippen LogP contribution < -0.4 is 4.74 Å². The molecular weight excluding hydrogens is 436 g/mol. The number of carboxylic acids is 1. The summed E-state index contributed by atoms with van der Waals surface area (Å²) >= 11 is 0. The Hall–Kier alpha value is -4.19. The SMILES string of the molecule is O=C(O)c1[nH]c2c(-c3cccc(F)c3F)cccc2c1CCCOc1cccc2ccccc12. The van der Waals surface area contributed by atoms with Gasteiger partial charge >= 0.3 is 5.97 Å². The molecule has 0 saturated heterocycles. The fraction of sp³-hybridized carbons (Fsp3) is 0.107. The second-order valence-corrected chi connectivity index (χ2v) is 8.04. The van der Waals surface area contributed by atoms with Crippen LogP contribution in [0.5, 0.6) is 5.75 Å². The molecule has 0 spiro atoms. The van der Waals surface area contributed by atoms with Gasteiger partial charge in [0, 0.05) is 21.9 Å². The van der Waals surface area contributed by atoms with Crippen molar-refractivity contribution >= 4 is 27.6 Å². The molecule has 0 radical (unpaired) electrons. The summed E-state index contributed by atoms with van der Waals surface area (Å²) in [7, 11) is 0. The molecule has 0 atom stereocenters. The van der Waals surface area contributed by atoms with E-state index in [9.17, 15) is 18.7 Å². The summed E-state index contributed by atoms with van der Waals surface area (Å²) in [6.07, 6.45) is 1.02. The molecule has 5 aromatic rings. The first kappa shape index (κ1) is 21.6. The maximum absolute atomic E-state index is 14.5. The van der Waals surface area contributed by atoms with Crippen LogP contribution in [0.15, 0.2) is 78.9 Å². The van der Waals surface area contributed by atoms with Crippen LogP contribution in [0, 0.1) is 11.6 Å². The van der Waals surface area contributed by atoms with Crippen LogP contribution in [-0.4, -0.2) is 22.7 Å². The van der Waals surface area contributed by atoms with E-state index in [4.69, 9.17) is 4.74 Å². The molecule has 4 nitrogen and oxygen atoms in total. The Morgan fingerprint density at radius 2 is 1.56 bits per heavy atom. The van der Waals surface area contributed by atoms with Crippen LogP contribution in [0.3, 0.4) is 0 Å². The molecule has 170 valence electrons. The minimum atomic E-state index is -1.10. The molecule has 0 aliphatic heterocycles. The van der Waals surface area contributed by atoms with Gasteiger partial charge in [-0.2, -0.15) is 0 Å². The number of aromatic nitrogens is 1. The van der Waals surface area contributed by atoms with Crippen molar-refractivity contribution < 1.29 is 23.4 Å². The molecule has 0 aliphatic rings. The smallest absolute Gasteiger partial charge is 0.352 e. The Labute approximate surface area is 194 Å². The van der Waals surface area contributed by atoms with E-state index >= 15 is 0 Å². The number of carbonyl (C=O) groups is 1. The molecule has 4 aromatic carbocycles. The van der Waals surface area contributed by atoms with Gasteiger partial charge in [-0.05, 0) is 35.9 Å². The Bertz CT molecular complexity index is 1520. The molecule has 5 rings (SSSR count). The monoisotopic (exact) mass is 457 g/mol. The molecular formula is C28H21F2NO3. The third-order valence-corrected chi connectivity index (χ3v) is 5.98. The molecule has 2 N–H and O–H groups in total. The van der Waals surface area contributed by atoms with Crippen LogP contribution in [0.25, 0.3) is 32.8 Å². The number of ether oxygens (including phenoxy) is 1. The maximum atomic E-state index is 14.5. The van der Waals surface area contributed by atoms with E-state index in [-0.39, 0.29) is 11.3 Å². The number of fused-ring (bicyclic) bond motifs is 2. The van der Waals surface area contributed by atoms with Gasteiger partial charge in [-0.15, -0.1) is 0 Å². The van der Waals surface area contributed by atoms with Crippen molar-refractivity contribution in [3.63, 3.8) is 0 Å². The van der Waals surface area contributed by atoms with Gasteiger partial charge < -0.3 is 14.8 Å². The van der Waals surface area contributed by atoms with E-state index in [0.29, 0.717) is 41.5 Å². The van der Waals surface area contributed by atoms with E-state index in [2.05, 4.69) is 4.98 Å². The average Bonchev–Trinajstić information content (AvgIpc) is 3.23. The molecule has 0 aliphatic carbocycles. The zero-order valence-electron chi connectivity index (χ0n) is 18.1. The fourth-order valence-corrected chi connectivity index (χ4v) is 4.40. The summed E-state index contributed by atoms with van der Waals surface area (Å²) in [5.41, 5.74) is 1.62. The number of H-pyrrole nitrogens is 1. The molecule has 1 aromatic heterocycles. The number of nitrogens with one attached hydrogen (secondary N) is 1. The number of para-hydroxylation sites is 1. The highest BCUT2D eigenvalue weighted by Crippen LogP contribution is 2.34.